The van der Waals surface area contributed by atoms with Crippen LogP contribution in [0.4, 0.5) is 4.79 Å². The molecule has 2 atom stereocenters. The van der Waals surface area contributed by atoms with Gasteiger partial charge in [-0.3, -0.25) is 14.3 Å². The molecule has 6 rings (SSSR count). The number of rotatable bonds is 10. The Hall–Kier alpha value is -4.95. The summed E-state index contributed by atoms with van der Waals surface area (Å²) >= 11 is 0. The van der Waals surface area contributed by atoms with Gasteiger partial charge in [0, 0.05) is 37.3 Å². The minimum atomic E-state index is -0.932. The Balaban J connectivity index is 1.22. The lowest BCUT2D eigenvalue weighted by molar-refractivity contribution is 0.0850. The number of para-hydroxylation sites is 2. The highest BCUT2D eigenvalue weighted by Gasteiger charge is 2.34. The molecule has 0 unspecified atom stereocenters. The van der Waals surface area contributed by atoms with Gasteiger partial charge in [-0.05, 0) is 67.6 Å². The number of benzene rings is 4. The first-order chi connectivity index (χ1) is 22.0. The molecule has 1 amide bonds. The predicted octanol–water partition coefficient (Wildman–Crippen LogP) is 6.66. The van der Waals surface area contributed by atoms with Crippen LogP contribution in [-0.4, -0.2) is 55.2 Å². The topological polar surface area (TPSA) is 87.8 Å². The maximum Gasteiger partial charge on any atom is 0.407 e. The first-order valence-corrected chi connectivity index (χ1v) is 15.6. The van der Waals surface area contributed by atoms with E-state index in [2.05, 4.69) is 53.4 Å². The first kappa shape index (κ1) is 30.1. The molecule has 8 heteroatoms. The molecule has 0 aliphatic carbocycles. The van der Waals surface area contributed by atoms with Gasteiger partial charge in [-0.1, -0.05) is 91.0 Å². The molecule has 8 nitrogen and oxygen atoms in total. The van der Waals surface area contributed by atoms with Crippen molar-refractivity contribution in [1.29, 1.82) is 0 Å². The van der Waals surface area contributed by atoms with E-state index in [0.29, 0.717) is 42.4 Å². The monoisotopic (exact) mass is 602 g/mol. The summed E-state index contributed by atoms with van der Waals surface area (Å²) in [5.41, 5.74) is 3.78. The van der Waals surface area contributed by atoms with Gasteiger partial charge in [0.05, 0.1) is 11.0 Å². The van der Waals surface area contributed by atoms with E-state index in [1.165, 1.54) is 20.6 Å². The average Bonchev–Trinajstić information content (AvgIpc) is 3.37. The highest BCUT2D eigenvalue weighted by molar-refractivity contribution is 6.01. The second kappa shape index (κ2) is 13.8. The zero-order chi connectivity index (χ0) is 31.2. The number of amides is 1. The number of hydrogen-bond acceptors (Lipinski definition) is 4. The van der Waals surface area contributed by atoms with E-state index < -0.39 is 6.09 Å². The number of piperidine rings is 1. The molecule has 0 saturated carbocycles. The van der Waals surface area contributed by atoms with E-state index in [1.807, 2.05) is 36.4 Å². The van der Waals surface area contributed by atoms with E-state index in [4.69, 9.17) is 0 Å². The SMILES string of the molecule is O=C(O)N1CC[C@H](n2c(=O)n(C(=O)c3ccccc3)c3ccccc32)C[C@@H]1CCCN(Cc1ccccc1)Cc1ccccc1. The second-order valence-electron chi connectivity index (χ2n) is 11.8. The maximum absolute atomic E-state index is 13.9. The number of nitrogens with zero attached hydrogens (tertiary/aromatic N) is 4. The van der Waals surface area contributed by atoms with Crippen molar-refractivity contribution in [2.75, 3.05) is 13.1 Å². The largest absolute Gasteiger partial charge is 0.465 e. The Bertz CT molecular complexity index is 1760. The molecule has 1 aromatic heterocycles. The molecule has 230 valence electrons. The van der Waals surface area contributed by atoms with Gasteiger partial charge >= 0.3 is 11.8 Å². The lowest BCUT2D eigenvalue weighted by atomic mass is 9.93. The third-order valence-corrected chi connectivity index (χ3v) is 8.81. The van der Waals surface area contributed by atoms with Crippen molar-refractivity contribution in [3.8, 4) is 0 Å². The van der Waals surface area contributed by atoms with Crippen molar-refractivity contribution in [3.05, 3.63) is 142 Å². The number of aromatic nitrogens is 2. The zero-order valence-electron chi connectivity index (χ0n) is 25.2. The summed E-state index contributed by atoms with van der Waals surface area (Å²) in [5, 5.41) is 10.1. The van der Waals surface area contributed by atoms with Crippen molar-refractivity contribution in [1.82, 2.24) is 18.9 Å². The molecule has 1 saturated heterocycles. The lowest BCUT2D eigenvalue weighted by Gasteiger charge is -2.38. The molecule has 0 spiro atoms. The predicted molar refractivity (Wildman–Crippen MR) is 175 cm³/mol. The number of hydrogen-bond donors (Lipinski definition) is 1. The molecular formula is C37H38N4O4. The highest BCUT2D eigenvalue weighted by Crippen LogP contribution is 2.32. The van der Waals surface area contributed by atoms with Crippen LogP contribution in [0.3, 0.4) is 0 Å². The van der Waals surface area contributed by atoms with Crippen LogP contribution in [-0.2, 0) is 13.1 Å². The van der Waals surface area contributed by atoms with E-state index in [9.17, 15) is 19.5 Å². The van der Waals surface area contributed by atoms with Crippen LogP contribution in [0.1, 0.15) is 53.2 Å². The Morgan fingerprint density at radius 2 is 1.31 bits per heavy atom. The third-order valence-electron chi connectivity index (χ3n) is 8.81. The van der Waals surface area contributed by atoms with Gasteiger partial charge in [0.1, 0.15) is 0 Å². The normalized spacial score (nSPS) is 16.7. The third kappa shape index (κ3) is 6.76. The number of fused-ring (bicyclic) bond motifs is 1. The lowest BCUT2D eigenvalue weighted by Crippen LogP contribution is -2.47. The van der Waals surface area contributed by atoms with Crippen LogP contribution in [0.2, 0.25) is 0 Å². The van der Waals surface area contributed by atoms with Crippen molar-refractivity contribution < 1.29 is 14.7 Å². The molecule has 4 aromatic carbocycles. The Morgan fingerprint density at radius 1 is 0.756 bits per heavy atom. The molecule has 1 aliphatic rings. The van der Waals surface area contributed by atoms with Gasteiger partial charge in [0.2, 0.25) is 0 Å². The summed E-state index contributed by atoms with van der Waals surface area (Å²) in [6.07, 6.45) is 1.57. The molecular weight excluding hydrogens is 564 g/mol. The molecule has 2 heterocycles. The molecule has 0 bridgehead atoms. The van der Waals surface area contributed by atoms with E-state index in [1.54, 1.807) is 34.9 Å². The van der Waals surface area contributed by atoms with Gasteiger partial charge in [0.25, 0.3) is 5.91 Å². The standard InChI is InChI=1S/C37H38N4O4/c42-35(30-17-8-3-9-18-30)41-34-21-11-10-20-33(34)40(36(41)43)32-22-24-39(37(44)45)31(25-32)19-12-23-38(26-28-13-4-1-5-14-28)27-29-15-6-2-7-16-29/h1-11,13-18,20-21,31-32H,12,19,22-27H2,(H,44,45)/t31-,32-/m0/s1. The van der Waals surface area contributed by atoms with Gasteiger partial charge in [0.15, 0.2) is 0 Å². The Kier molecular flexibility index (Phi) is 9.22. The second-order valence-corrected chi connectivity index (χ2v) is 11.8. The fourth-order valence-electron chi connectivity index (χ4n) is 6.67. The summed E-state index contributed by atoms with van der Waals surface area (Å²) in [4.78, 5) is 43.7. The Labute approximate surface area is 262 Å². The molecule has 1 N–H and O–H groups in total. The quantitative estimate of drug-likeness (QED) is 0.193. The molecule has 1 fully saturated rings. The summed E-state index contributed by atoms with van der Waals surface area (Å²) in [6.45, 7) is 2.75. The van der Waals surface area contributed by atoms with Crippen LogP contribution in [0.15, 0.2) is 120 Å². The number of likely N-dealkylation sites (tertiary alicyclic amines) is 1. The summed E-state index contributed by atoms with van der Waals surface area (Å²) < 4.78 is 2.98. The van der Waals surface area contributed by atoms with Crippen LogP contribution >= 0.6 is 0 Å². The van der Waals surface area contributed by atoms with E-state index >= 15 is 0 Å². The maximum atomic E-state index is 13.9. The molecule has 45 heavy (non-hydrogen) atoms. The summed E-state index contributed by atoms with van der Waals surface area (Å²) in [6, 6.07) is 36.5. The molecule has 5 aromatic rings. The van der Waals surface area contributed by atoms with E-state index in [-0.39, 0.29) is 23.7 Å². The first-order valence-electron chi connectivity index (χ1n) is 15.6. The van der Waals surface area contributed by atoms with Gasteiger partial charge in [-0.25, -0.2) is 14.2 Å². The zero-order valence-corrected chi connectivity index (χ0v) is 25.2. The van der Waals surface area contributed by atoms with Crippen molar-refractivity contribution in [2.24, 2.45) is 0 Å². The fraction of sp³-hybridized carbons (Fsp3) is 0.270. The average molecular weight is 603 g/mol. The van der Waals surface area contributed by atoms with Crippen LogP contribution in [0.5, 0.6) is 0 Å². The molecule has 0 radical (unpaired) electrons. The van der Waals surface area contributed by atoms with Crippen molar-refractivity contribution in [2.45, 2.75) is 50.9 Å². The Morgan fingerprint density at radius 3 is 1.91 bits per heavy atom. The minimum Gasteiger partial charge on any atom is -0.465 e. The van der Waals surface area contributed by atoms with Gasteiger partial charge in [-0.15, -0.1) is 0 Å². The summed E-state index contributed by atoms with van der Waals surface area (Å²) in [5.74, 6) is -0.369. The smallest absolute Gasteiger partial charge is 0.407 e. The van der Waals surface area contributed by atoms with E-state index in [0.717, 1.165) is 26.1 Å². The summed E-state index contributed by atoms with van der Waals surface area (Å²) in [7, 11) is 0. The number of imidazole rings is 1. The highest BCUT2D eigenvalue weighted by atomic mass is 16.4. The van der Waals surface area contributed by atoms with Gasteiger partial charge in [-0.2, -0.15) is 0 Å². The number of carboxylic acid groups (broad SMARTS) is 1. The number of carbonyl (C=O) groups is 2. The molecule has 1 aliphatic heterocycles. The van der Waals surface area contributed by atoms with Crippen molar-refractivity contribution >= 4 is 23.0 Å². The van der Waals surface area contributed by atoms with Crippen molar-refractivity contribution in [3.63, 3.8) is 0 Å². The fourth-order valence-corrected chi connectivity index (χ4v) is 6.67. The van der Waals surface area contributed by atoms with Crippen LogP contribution in [0, 0.1) is 0 Å². The minimum absolute atomic E-state index is 0.224. The number of carbonyl (C=O) groups excluding carboxylic acids is 1. The van der Waals surface area contributed by atoms with Crippen LogP contribution < -0.4 is 5.69 Å². The van der Waals surface area contributed by atoms with Crippen LogP contribution in [0.25, 0.3) is 11.0 Å². The van der Waals surface area contributed by atoms with Gasteiger partial charge < -0.3 is 10.0 Å².